The number of nitrogens with zero attached hydrogens (tertiary/aromatic N) is 2. The van der Waals surface area contributed by atoms with Gasteiger partial charge in [-0.3, -0.25) is 4.68 Å². The van der Waals surface area contributed by atoms with E-state index in [1.807, 2.05) is 26.0 Å². The van der Waals surface area contributed by atoms with Gasteiger partial charge in [-0.25, -0.2) is 0 Å². The van der Waals surface area contributed by atoms with Crippen LogP contribution in [0.4, 0.5) is 0 Å². The minimum atomic E-state index is -0.778. The molecule has 0 aliphatic heterocycles. The maximum absolute atomic E-state index is 10.6. The Labute approximate surface area is 139 Å². The van der Waals surface area contributed by atoms with E-state index < -0.39 is 6.10 Å². The summed E-state index contributed by atoms with van der Waals surface area (Å²) in [4.78, 5) is 0. The van der Waals surface area contributed by atoms with Crippen LogP contribution in [0.2, 0.25) is 15.2 Å². The van der Waals surface area contributed by atoms with Crippen molar-refractivity contribution < 1.29 is 5.11 Å². The van der Waals surface area contributed by atoms with Crippen LogP contribution in [0.15, 0.2) is 18.2 Å². The van der Waals surface area contributed by atoms with E-state index in [1.165, 1.54) is 0 Å². The summed E-state index contributed by atoms with van der Waals surface area (Å²) in [7, 11) is 1.76. The highest BCUT2D eigenvalue weighted by molar-refractivity contribution is 6.42. The van der Waals surface area contributed by atoms with Crippen LogP contribution in [0, 0.1) is 0 Å². The lowest BCUT2D eigenvalue weighted by atomic mass is 9.97. The van der Waals surface area contributed by atoms with E-state index in [0.717, 1.165) is 11.3 Å². The zero-order valence-corrected chi connectivity index (χ0v) is 14.3. The zero-order valence-electron chi connectivity index (χ0n) is 12.1. The fraction of sp³-hybridized carbons (Fsp3) is 0.400. The largest absolute Gasteiger partial charge is 0.388 e. The molecule has 0 aliphatic carbocycles. The summed E-state index contributed by atoms with van der Waals surface area (Å²) in [6, 6.07) is 5.37. The third kappa shape index (κ3) is 3.37. The predicted molar refractivity (Wildman–Crippen MR) is 87.4 cm³/mol. The van der Waals surface area contributed by atoms with Gasteiger partial charge in [0.05, 0.1) is 21.8 Å². The molecule has 0 radical (unpaired) electrons. The van der Waals surface area contributed by atoms with Gasteiger partial charge in [-0.1, -0.05) is 60.8 Å². The molecule has 1 aromatic heterocycles. The molecule has 2 rings (SSSR count). The molecule has 0 bridgehead atoms. The van der Waals surface area contributed by atoms with Crippen LogP contribution >= 0.6 is 34.8 Å². The molecule has 0 saturated carbocycles. The van der Waals surface area contributed by atoms with E-state index in [-0.39, 0.29) is 5.92 Å². The molecule has 3 nitrogen and oxygen atoms in total. The number of aryl methyl sites for hydroxylation is 1. The van der Waals surface area contributed by atoms with Crippen LogP contribution < -0.4 is 0 Å². The number of aromatic nitrogens is 2. The van der Waals surface area contributed by atoms with Crippen LogP contribution in [0.25, 0.3) is 0 Å². The Hall–Kier alpha value is -0.740. The van der Waals surface area contributed by atoms with Crippen LogP contribution in [0.1, 0.15) is 42.7 Å². The number of benzene rings is 1. The maximum atomic E-state index is 10.6. The normalized spacial score (nSPS) is 13.0. The summed E-state index contributed by atoms with van der Waals surface area (Å²) in [5.74, 6) is 0.170. The molecule has 1 N–H and O–H groups in total. The SMILES string of the molecule is CC(C)c1nn(C)c(Cl)c1C(O)Cc1cccc(Cl)c1Cl. The average molecular weight is 348 g/mol. The summed E-state index contributed by atoms with van der Waals surface area (Å²) < 4.78 is 1.58. The smallest absolute Gasteiger partial charge is 0.132 e. The first-order valence-electron chi connectivity index (χ1n) is 6.66. The summed E-state index contributed by atoms with van der Waals surface area (Å²) in [6.45, 7) is 4.03. The van der Waals surface area contributed by atoms with Crippen molar-refractivity contribution in [1.82, 2.24) is 9.78 Å². The lowest BCUT2D eigenvalue weighted by molar-refractivity contribution is 0.177. The van der Waals surface area contributed by atoms with Gasteiger partial charge in [0.1, 0.15) is 5.15 Å². The minimum Gasteiger partial charge on any atom is -0.388 e. The van der Waals surface area contributed by atoms with E-state index in [2.05, 4.69) is 5.10 Å². The van der Waals surface area contributed by atoms with Gasteiger partial charge < -0.3 is 5.11 Å². The van der Waals surface area contributed by atoms with Gasteiger partial charge in [0.2, 0.25) is 0 Å². The molecule has 0 aliphatic rings. The van der Waals surface area contributed by atoms with Crippen molar-refractivity contribution >= 4 is 34.8 Å². The van der Waals surface area contributed by atoms with Crippen molar-refractivity contribution in [3.8, 4) is 0 Å². The topological polar surface area (TPSA) is 38.0 Å². The number of aliphatic hydroxyl groups excluding tert-OH is 1. The quantitative estimate of drug-likeness (QED) is 0.864. The molecule has 1 aromatic carbocycles. The van der Waals surface area contributed by atoms with Crippen molar-refractivity contribution in [2.75, 3.05) is 0 Å². The monoisotopic (exact) mass is 346 g/mol. The lowest BCUT2D eigenvalue weighted by Crippen LogP contribution is -2.06. The fourth-order valence-electron chi connectivity index (χ4n) is 2.29. The Morgan fingerprint density at radius 2 is 1.90 bits per heavy atom. The predicted octanol–water partition coefficient (Wildman–Crippen LogP) is 4.78. The molecule has 0 saturated heterocycles. The van der Waals surface area contributed by atoms with E-state index >= 15 is 0 Å². The Kier molecular flexibility index (Phi) is 5.20. The second-order valence-corrected chi connectivity index (χ2v) is 6.44. The highest BCUT2D eigenvalue weighted by Crippen LogP contribution is 2.35. The third-order valence-corrected chi connectivity index (χ3v) is 4.67. The van der Waals surface area contributed by atoms with Crippen LogP contribution in [0.3, 0.4) is 0 Å². The molecule has 114 valence electrons. The molecule has 1 unspecified atom stereocenters. The van der Waals surface area contributed by atoms with Gasteiger partial charge in [0, 0.05) is 19.0 Å². The molecule has 1 heterocycles. The number of halogens is 3. The van der Waals surface area contributed by atoms with E-state index in [0.29, 0.717) is 27.2 Å². The van der Waals surface area contributed by atoms with Gasteiger partial charge in [-0.2, -0.15) is 5.10 Å². The van der Waals surface area contributed by atoms with Gasteiger partial charge in [-0.15, -0.1) is 0 Å². The van der Waals surface area contributed by atoms with E-state index in [4.69, 9.17) is 34.8 Å². The van der Waals surface area contributed by atoms with Gasteiger partial charge >= 0.3 is 0 Å². The lowest BCUT2D eigenvalue weighted by Gasteiger charge is -2.14. The first-order valence-corrected chi connectivity index (χ1v) is 7.79. The molecule has 1 atom stereocenters. The minimum absolute atomic E-state index is 0.170. The fourth-order valence-corrected chi connectivity index (χ4v) is 2.95. The first kappa shape index (κ1) is 16.6. The molecule has 21 heavy (non-hydrogen) atoms. The van der Waals surface area contributed by atoms with Crippen LogP contribution in [-0.2, 0) is 13.5 Å². The molecular weight excluding hydrogens is 331 g/mol. The average Bonchev–Trinajstić information content (AvgIpc) is 2.72. The highest BCUT2D eigenvalue weighted by atomic mass is 35.5. The molecule has 0 fully saturated rings. The van der Waals surface area contributed by atoms with Crippen molar-refractivity contribution in [2.24, 2.45) is 7.05 Å². The standard InChI is InChI=1S/C15H17Cl3N2O/c1-8(2)14-12(15(18)20(3)19-14)11(21)7-9-5-4-6-10(16)13(9)17/h4-6,8,11,21H,7H2,1-3H3. The van der Waals surface area contributed by atoms with Crippen LogP contribution in [0.5, 0.6) is 0 Å². The molecule has 0 amide bonds. The Morgan fingerprint density at radius 1 is 1.24 bits per heavy atom. The van der Waals surface area contributed by atoms with Gasteiger partial charge in [0.25, 0.3) is 0 Å². The third-order valence-electron chi connectivity index (χ3n) is 3.36. The number of rotatable bonds is 4. The van der Waals surface area contributed by atoms with E-state index in [9.17, 15) is 5.11 Å². The zero-order chi connectivity index (χ0) is 15.7. The molecular formula is C15H17Cl3N2O. The number of hydrogen-bond acceptors (Lipinski definition) is 2. The number of aliphatic hydroxyl groups is 1. The molecule has 6 heteroatoms. The molecule has 0 spiro atoms. The van der Waals surface area contributed by atoms with Crippen molar-refractivity contribution in [2.45, 2.75) is 32.3 Å². The highest BCUT2D eigenvalue weighted by Gasteiger charge is 2.24. The second-order valence-electron chi connectivity index (χ2n) is 5.30. The van der Waals surface area contributed by atoms with Gasteiger partial charge in [0.15, 0.2) is 0 Å². The summed E-state index contributed by atoms with van der Waals surface area (Å²) in [5.41, 5.74) is 2.24. The second kappa shape index (κ2) is 6.57. The summed E-state index contributed by atoms with van der Waals surface area (Å²) in [6.07, 6.45) is -0.440. The van der Waals surface area contributed by atoms with Gasteiger partial charge in [-0.05, 0) is 17.5 Å². The maximum Gasteiger partial charge on any atom is 0.132 e. The summed E-state index contributed by atoms with van der Waals surface area (Å²) >= 11 is 18.5. The molecule has 2 aromatic rings. The Morgan fingerprint density at radius 3 is 2.52 bits per heavy atom. The van der Waals surface area contributed by atoms with Crippen molar-refractivity contribution in [1.29, 1.82) is 0 Å². The van der Waals surface area contributed by atoms with Crippen molar-refractivity contribution in [3.05, 3.63) is 50.2 Å². The van der Waals surface area contributed by atoms with E-state index in [1.54, 1.807) is 17.8 Å². The Bertz CT molecular complexity index is 653. The first-order chi connectivity index (χ1) is 9.82. The van der Waals surface area contributed by atoms with Crippen LogP contribution in [-0.4, -0.2) is 14.9 Å². The number of hydrogen-bond donors (Lipinski definition) is 1. The Balaban J connectivity index is 2.37. The van der Waals surface area contributed by atoms with Crippen molar-refractivity contribution in [3.63, 3.8) is 0 Å². The summed E-state index contributed by atoms with van der Waals surface area (Å²) in [5, 5.41) is 16.3.